The summed E-state index contributed by atoms with van der Waals surface area (Å²) in [7, 11) is 0. The lowest BCUT2D eigenvalue weighted by Gasteiger charge is -2.07. The second-order valence-electron chi connectivity index (χ2n) is 5.23. The fourth-order valence-corrected chi connectivity index (χ4v) is 2.37. The number of aromatic hydroxyl groups is 1. The number of H-pyrrole nitrogens is 1. The molecule has 0 unspecified atom stereocenters. The molecule has 2 aromatic carbocycles. The van der Waals surface area contributed by atoms with Crippen molar-refractivity contribution < 1.29 is 9.90 Å². The van der Waals surface area contributed by atoms with Gasteiger partial charge >= 0.3 is 5.69 Å². The van der Waals surface area contributed by atoms with Crippen LogP contribution in [0.3, 0.4) is 0 Å². The summed E-state index contributed by atoms with van der Waals surface area (Å²) in [5.74, 6) is 0.646. The molecule has 116 valence electrons. The molecule has 6 heteroatoms. The molecule has 3 aromatic rings. The molecule has 1 heterocycles. The smallest absolute Gasteiger partial charge is 0.347 e. The van der Waals surface area contributed by atoms with Gasteiger partial charge in [-0.1, -0.05) is 24.3 Å². The lowest BCUT2D eigenvalue weighted by Crippen LogP contribution is -2.17. The van der Waals surface area contributed by atoms with Crippen LogP contribution in [0.15, 0.2) is 53.3 Å². The Bertz CT molecular complexity index is 907. The van der Waals surface area contributed by atoms with Gasteiger partial charge in [-0.2, -0.15) is 5.10 Å². The fraction of sp³-hybridized carbons (Fsp3) is 0.118. The Kier molecular flexibility index (Phi) is 3.80. The summed E-state index contributed by atoms with van der Waals surface area (Å²) in [5.41, 5.74) is 1.67. The molecular weight excluding hydrogens is 294 g/mol. The van der Waals surface area contributed by atoms with Crippen molar-refractivity contribution >= 4 is 5.78 Å². The first-order valence-electron chi connectivity index (χ1n) is 7.10. The average Bonchev–Trinajstić information content (AvgIpc) is 2.90. The first-order chi connectivity index (χ1) is 11.0. The first kappa shape index (κ1) is 14.8. The molecule has 0 aliphatic carbocycles. The largest absolute Gasteiger partial charge is 0.508 e. The topological polar surface area (TPSA) is 88.0 Å². The van der Waals surface area contributed by atoms with Crippen LogP contribution in [0.4, 0.5) is 0 Å². The van der Waals surface area contributed by atoms with E-state index in [1.165, 1.54) is 11.5 Å². The summed E-state index contributed by atoms with van der Waals surface area (Å²) in [6.07, 6.45) is 0.420. The summed E-state index contributed by atoms with van der Waals surface area (Å²) in [6, 6.07) is 13.6. The van der Waals surface area contributed by atoms with Gasteiger partial charge in [0.15, 0.2) is 5.78 Å². The van der Waals surface area contributed by atoms with Gasteiger partial charge in [0.1, 0.15) is 11.6 Å². The zero-order valence-electron chi connectivity index (χ0n) is 12.5. The van der Waals surface area contributed by atoms with Gasteiger partial charge in [-0.3, -0.25) is 4.79 Å². The van der Waals surface area contributed by atoms with Gasteiger partial charge < -0.3 is 5.11 Å². The number of aromatic amines is 1. The van der Waals surface area contributed by atoms with Gasteiger partial charge in [0, 0.05) is 12.0 Å². The predicted molar refractivity (Wildman–Crippen MR) is 85.1 cm³/mol. The second-order valence-corrected chi connectivity index (χ2v) is 5.23. The van der Waals surface area contributed by atoms with Crippen molar-refractivity contribution in [2.24, 2.45) is 0 Å². The minimum atomic E-state index is -0.362. The van der Waals surface area contributed by atoms with Crippen molar-refractivity contribution in [3.05, 3.63) is 76.0 Å². The van der Waals surface area contributed by atoms with E-state index in [1.54, 1.807) is 48.5 Å². The third-order valence-electron chi connectivity index (χ3n) is 3.55. The maximum Gasteiger partial charge on any atom is 0.347 e. The standard InChI is InChI=1S/C17H15N3O3/c1-11(21)13-3-2-4-14(10-13)20-16(18-19-17(20)23)9-12-5-7-15(22)8-6-12/h2-8,10,22H,9H2,1H3,(H,19,23). The predicted octanol–water partition coefficient (Wildman–Crippen LogP) is 2.06. The molecule has 0 spiro atoms. The fourth-order valence-electron chi connectivity index (χ4n) is 2.37. The van der Waals surface area contributed by atoms with E-state index in [1.807, 2.05) is 0 Å². The lowest BCUT2D eigenvalue weighted by atomic mass is 10.1. The summed E-state index contributed by atoms with van der Waals surface area (Å²) in [5, 5.41) is 15.8. The Hall–Kier alpha value is -3.15. The van der Waals surface area contributed by atoms with Crippen LogP contribution in [0.25, 0.3) is 5.69 Å². The van der Waals surface area contributed by atoms with Crippen LogP contribution in [-0.4, -0.2) is 25.7 Å². The molecule has 3 rings (SSSR count). The van der Waals surface area contributed by atoms with Gasteiger partial charge in [-0.25, -0.2) is 14.5 Å². The molecule has 0 fully saturated rings. The van der Waals surface area contributed by atoms with Gasteiger partial charge in [-0.15, -0.1) is 0 Å². The zero-order valence-corrected chi connectivity index (χ0v) is 12.5. The van der Waals surface area contributed by atoms with Gasteiger partial charge in [0.25, 0.3) is 0 Å². The van der Waals surface area contributed by atoms with Crippen LogP contribution in [0.1, 0.15) is 28.7 Å². The Balaban J connectivity index is 2.02. The molecule has 23 heavy (non-hydrogen) atoms. The number of hydrogen-bond donors (Lipinski definition) is 2. The molecule has 0 atom stereocenters. The van der Waals surface area contributed by atoms with Crippen LogP contribution in [0.5, 0.6) is 5.75 Å². The third kappa shape index (κ3) is 3.06. The van der Waals surface area contributed by atoms with E-state index in [4.69, 9.17) is 0 Å². The van der Waals surface area contributed by atoms with Crippen molar-refractivity contribution in [1.82, 2.24) is 14.8 Å². The molecule has 6 nitrogen and oxygen atoms in total. The Morgan fingerprint density at radius 1 is 1.22 bits per heavy atom. The third-order valence-corrected chi connectivity index (χ3v) is 3.55. The Morgan fingerprint density at radius 2 is 1.96 bits per heavy atom. The maximum atomic E-state index is 12.1. The number of aromatic nitrogens is 3. The number of carbonyl (C=O) groups is 1. The number of Topliss-reactive ketones (excluding diaryl/α,β-unsaturated/α-hetero) is 1. The Labute approximate surface area is 132 Å². The zero-order chi connectivity index (χ0) is 16.4. The number of phenols is 1. The molecule has 0 amide bonds. The molecule has 0 aliphatic rings. The highest BCUT2D eigenvalue weighted by Gasteiger charge is 2.12. The van der Waals surface area contributed by atoms with Crippen molar-refractivity contribution in [1.29, 1.82) is 0 Å². The summed E-state index contributed by atoms with van der Waals surface area (Å²) in [4.78, 5) is 23.6. The number of ketones is 1. The quantitative estimate of drug-likeness (QED) is 0.722. The first-order valence-corrected chi connectivity index (χ1v) is 7.10. The number of rotatable bonds is 4. The highest BCUT2D eigenvalue weighted by atomic mass is 16.3. The lowest BCUT2D eigenvalue weighted by molar-refractivity contribution is 0.101. The molecule has 0 bridgehead atoms. The van der Waals surface area contributed by atoms with Crippen LogP contribution in [0, 0.1) is 0 Å². The molecule has 2 N–H and O–H groups in total. The highest BCUT2D eigenvalue weighted by Crippen LogP contribution is 2.15. The molecule has 0 aliphatic heterocycles. The number of benzene rings is 2. The minimum absolute atomic E-state index is 0.0662. The number of nitrogens with zero attached hydrogens (tertiary/aromatic N) is 2. The summed E-state index contributed by atoms with van der Waals surface area (Å²) < 4.78 is 1.44. The van der Waals surface area contributed by atoms with Crippen molar-refractivity contribution in [2.75, 3.05) is 0 Å². The van der Waals surface area contributed by atoms with Crippen LogP contribution >= 0.6 is 0 Å². The molecule has 1 aromatic heterocycles. The van der Waals surface area contributed by atoms with E-state index in [0.717, 1.165) is 5.56 Å². The van der Waals surface area contributed by atoms with Gasteiger partial charge in [0.2, 0.25) is 0 Å². The number of phenolic OH excluding ortho intramolecular Hbond substituents is 1. The van der Waals surface area contributed by atoms with Crippen LogP contribution in [0.2, 0.25) is 0 Å². The van der Waals surface area contributed by atoms with E-state index in [-0.39, 0.29) is 17.2 Å². The SMILES string of the molecule is CC(=O)c1cccc(-n2c(Cc3ccc(O)cc3)n[nH]c2=O)c1. The number of nitrogens with one attached hydrogen (secondary N) is 1. The van der Waals surface area contributed by atoms with Crippen LogP contribution < -0.4 is 5.69 Å². The highest BCUT2D eigenvalue weighted by molar-refractivity contribution is 5.94. The van der Waals surface area contributed by atoms with Crippen molar-refractivity contribution in [3.8, 4) is 11.4 Å². The molecule has 0 radical (unpaired) electrons. The average molecular weight is 309 g/mol. The van der Waals surface area contributed by atoms with Gasteiger partial charge in [-0.05, 0) is 36.8 Å². The van der Waals surface area contributed by atoms with E-state index < -0.39 is 0 Å². The van der Waals surface area contributed by atoms with Crippen LogP contribution in [-0.2, 0) is 6.42 Å². The molecule has 0 saturated heterocycles. The Morgan fingerprint density at radius 3 is 2.65 bits per heavy atom. The maximum absolute atomic E-state index is 12.1. The minimum Gasteiger partial charge on any atom is -0.508 e. The second kappa shape index (κ2) is 5.92. The summed E-state index contributed by atoms with van der Waals surface area (Å²) in [6.45, 7) is 1.48. The van der Waals surface area contributed by atoms with Crippen molar-refractivity contribution in [2.45, 2.75) is 13.3 Å². The monoisotopic (exact) mass is 309 g/mol. The normalized spacial score (nSPS) is 10.7. The van der Waals surface area contributed by atoms with Gasteiger partial charge in [0.05, 0.1) is 5.69 Å². The van der Waals surface area contributed by atoms with Crippen molar-refractivity contribution in [3.63, 3.8) is 0 Å². The number of carbonyl (C=O) groups excluding carboxylic acids is 1. The van der Waals surface area contributed by atoms with E-state index in [9.17, 15) is 14.7 Å². The van der Waals surface area contributed by atoms with E-state index in [0.29, 0.717) is 23.5 Å². The molecule has 0 saturated carbocycles. The van der Waals surface area contributed by atoms with E-state index >= 15 is 0 Å². The summed E-state index contributed by atoms with van der Waals surface area (Å²) >= 11 is 0. The molecular formula is C17H15N3O3. The van der Waals surface area contributed by atoms with E-state index in [2.05, 4.69) is 10.2 Å². The number of hydrogen-bond acceptors (Lipinski definition) is 4.